The number of nitrogens with zero attached hydrogens (tertiary/aromatic N) is 2. The number of hydrogen-bond acceptors (Lipinski definition) is 5. The van der Waals surface area contributed by atoms with Gasteiger partial charge in [-0.3, -0.25) is 0 Å². The number of aromatic nitrogens is 1. The summed E-state index contributed by atoms with van der Waals surface area (Å²) >= 11 is 0. The molecule has 0 N–H and O–H groups in total. The molecule has 1 fully saturated rings. The highest BCUT2D eigenvalue weighted by Crippen LogP contribution is 2.35. The second-order valence-corrected chi connectivity index (χ2v) is 10.8. The Morgan fingerprint density at radius 2 is 1.46 bits per heavy atom. The van der Waals surface area contributed by atoms with Crippen LogP contribution in [-0.2, 0) is 18.0 Å². The van der Waals surface area contributed by atoms with Crippen molar-refractivity contribution in [3.05, 3.63) is 114 Å². The number of pyridine rings is 1. The van der Waals surface area contributed by atoms with Crippen LogP contribution in [0.2, 0.25) is 0 Å². The third-order valence-electron chi connectivity index (χ3n) is 6.48. The molecular weight excluding hydrogens is 488 g/mol. The van der Waals surface area contributed by atoms with E-state index in [0.717, 1.165) is 22.3 Å². The highest BCUT2D eigenvalue weighted by molar-refractivity contribution is 5.71. The van der Waals surface area contributed by atoms with Gasteiger partial charge in [0.1, 0.15) is 18.8 Å². The molecular formula is C33H34N2O4. The highest BCUT2D eigenvalue weighted by Gasteiger charge is 2.34. The fourth-order valence-corrected chi connectivity index (χ4v) is 4.42. The van der Waals surface area contributed by atoms with Gasteiger partial charge in [0.05, 0.1) is 0 Å². The predicted octanol–water partition coefficient (Wildman–Crippen LogP) is 7.24. The highest BCUT2D eigenvalue weighted by atomic mass is 16.6. The Balaban J connectivity index is 1.34. The van der Waals surface area contributed by atoms with Crippen LogP contribution < -0.4 is 9.47 Å². The Bertz CT molecular complexity index is 1390. The van der Waals surface area contributed by atoms with Crippen molar-refractivity contribution < 1.29 is 19.0 Å². The minimum Gasteiger partial charge on any atom is -0.473 e. The molecule has 0 atom stereocenters. The van der Waals surface area contributed by atoms with E-state index in [1.54, 1.807) is 4.90 Å². The van der Waals surface area contributed by atoms with E-state index in [1.165, 1.54) is 5.56 Å². The summed E-state index contributed by atoms with van der Waals surface area (Å²) in [5, 5.41) is 0. The first kappa shape index (κ1) is 26.3. The van der Waals surface area contributed by atoms with Crippen LogP contribution >= 0.6 is 0 Å². The van der Waals surface area contributed by atoms with Crippen LogP contribution in [0, 0.1) is 0 Å². The molecule has 0 radical (unpaired) electrons. The average molecular weight is 523 g/mol. The standard InChI is InChI=1S/C33H34N2O4/c1-33(2,3)39-32(36)35-20-28(21-35)26-15-10-16-27(19-26)29-17-18-30(37-22-24-11-6-4-7-12-24)34-31(29)38-23-25-13-8-5-9-14-25/h4-19,28H,20-23H2,1-3H3. The SMILES string of the molecule is CC(C)(C)OC(=O)N1CC(c2cccc(-c3ccc(OCc4ccccc4)nc3OCc3ccccc3)c2)C1. The second-order valence-electron chi connectivity index (χ2n) is 10.8. The Morgan fingerprint density at radius 3 is 2.10 bits per heavy atom. The van der Waals surface area contributed by atoms with Gasteiger partial charge in [0.2, 0.25) is 11.8 Å². The van der Waals surface area contributed by atoms with Crippen molar-refractivity contribution in [3.63, 3.8) is 0 Å². The molecule has 0 saturated carbocycles. The van der Waals surface area contributed by atoms with Gasteiger partial charge in [-0.15, -0.1) is 0 Å². The lowest BCUT2D eigenvalue weighted by atomic mass is 9.90. The Hall–Kier alpha value is -4.32. The zero-order valence-corrected chi connectivity index (χ0v) is 22.7. The van der Waals surface area contributed by atoms with Crippen LogP contribution in [0.25, 0.3) is 11.1 Å². The topological polar surface area (TPSA) is 60.9 Å². The molecule has 1 aromatic heterocycles. The van der Waals surface area contributed by atoms with Gasteiger partial charge in [0.25, 0.3) is 0 Å². The monoisotopic (exact) mass is 522 g/mol. The minimum atomic E-state index is -0.498. The molecule has 1 saturated heterocycles. The van der Waals surface area contributed by atoms with Gasteiger partial charge in [-0.25, -0.2) is 4.79 Å². The van der Waals surface area contributed by atoms with Crippen molar-refractivity contribution in [2.45, 2.75) is 45.5 Å². The van der Waals surface area contributed by atoms with E-state index in [4.69, 9.17) is 19.2 Å². The molecule has 1 aliphatic rings. The summed E-state index contributed by atoms with van der Waals surface area (Å²) in [5.74, 6) is 1.28. The summed E-state index contributed by atoms with van der Waals surface area (Å²) in [5.41, 5.74) is 4.71. The molecule has 0 bridgehead atoms. The van der Waals surface area contributed by atoms with Crippen LogP contribution in [-0.4, -0.2) is 34.7 Å². The number of carbonyl (C=O) groups is 1. The van der Waals surface area contributed by atoms with Crippen LogP contribution in [0.5, 0.6) is 11.8 Å². The number of rotatable bonds is 8. The van der Waals surface area contributed by atoms with Gasteiger partial charge >= 0.3 is 6.09 Å². The lowest BCUT2D eigenvalue weighted by Gasteiger charge is -2.40. The number of carbonyl (C=O) groups excluding carboxylic acids is 1. The predicted molar refractivity (Wildman–Crippen MR) is 152 cm³/mol. The van der Waals surface area contributed by atoms with Gasteiger partial charge < -0.3 is 19.1 Å². The molecule has 1 aliphatic heterocycles. The van der Waals surface area contributed by atoms with Gasteiger partial charge in [0.15, 0.2) is 0 Å². The minimum absolute atomic E-state index is 0.257. The second kappa shape index (κ2) is 11.6. The van der Waals surface area contributed by atoms with Crippen molar-refractivity contribution in [1.29, 1.82) is 0 Å². The molecule has 6 nitrogen and oxygen atoms in total. The van der Waals surface area contributed by atoms with E-state index in [-0.39, 0.29) is 12.0 Å². The summed E-state index contributed by atoms with van der Waals surface area (Å²) in [6.07, 6.45) is -0.262. The first-order chi connectivity index (χ1) is 18.8. The van der Waals surface area contributed by atoms with Crippen LogP contribution in [0.1, 0.15) is 43.4 Å². The molecule has 6 heteroatoms. The van der Waals surface area contributed by atoms with E-state index in [9.17, 15) is 4.79 Å². The van der Waals surface area contributed by atoms with E-state index < -0.39 is 5.60 Å². The fourth-order valence-electron chi connectivity index (χ4n) is 4.42. The van der Waals surface area contributed by atoms with Crippen LogP contribution in [0.3, 0.4) is 0 Å². The third-order valence-corrected chi connectivity index (χ3v) is 6.48. The number of hydrogen-bond donors (Lipinski definition) is 0. The number of ether oxygens (including phenoxy) is 3. The summed E-state index contributed by atoms with van der Waals surface area (Å²) in [6.45, 7) is 7.76. The Morgan fingerprint density at radius 1 is 0.821 bits per heavy atom. The molecule has 2 heterocycles. The molecule has 39 heavy (non-hydrogen) atoms. The quantitative estimate of drug-likeness (QED) is 0.244. The smallest absolute Gasteiger partial charge is 0.410 e. The zero-order valence-electron chi connectivity index (χ0n) is 22.7. The van der Waals surface area contributed by atoms with Crippen molar-refractivity contribution in [2.24, 2.45) is 0 Å². The van der Waals surface area contributed by atoms with E-state index >= 15 is 0 Å². The van der Waals surface area contributed by atoms with E-state index in [2.05, 4.69) is 18.2 Å². The number of amides is 1. The molecule has 0 aliphatic carbocycles. The summed E-state index contributed by atoms with van der Waals surface area (Å²) < 4.78 is 17.7. The van der Waals surface area contributed by atoms with Crippen molar-refractivity contribution in [1.82, 2.24) is 9.88 Å². The van der Waals surface area contributed by atoms with Gasteiger partial charge in [-0.05, 0) is 49.1 Å². The molecule has 0 unspecified atom stereocenters. The van der Waals surface area contributed by atoms with Crippen LogP contribution in [0.15, 0.2) is 97.1 Å². The van der Waals surface area contributed by atoms with Gasteiger partial charge in [0, 0.05) is 30.6 Å². The normalized spacial score (nSPS) is 13.5. The zero-order chi connectivity index (χ0) is 27.2. The van der Waals surface area contributed by atoms with Crippen molar-refractivity contribution in [2.75, 3.05) is 13.1 Å². The fraction of sp³-hybridized carbons (Fsp3) is 0.273. The van der Waals surface area contributed by atoms with E-state index in [1.807, 2.05) is 99.6 Å². The van der Waals surface area contributed by atoms with E-state index in [0.29, 0.717) is 38.1 Å². The molecule has 5 rings (SSSR count). The molecule has 200 valence electrons. The lowest BCUT2D eigenvalue weighted by molar-refractivity contribution is 0.00820. The lowest BCUT2D eigenvalue weighted by Crippen LogP contribution is -2.50. The Labute approximate surface area is 230 Å². The number of benzene rings is 3. The number of likely N-dealkylation sites (tertiary alicyclic amines) is 1. The average Bonchev–Trinajstić information content (AvgIpc) is 2.90. The first-order valence-corrected chi connectivity index (χ1v) is 13.3. The largest absolute Gasteiger partial charge is 0.473 e. The van der Waals surface area contributed by atoms with Crippen molar-refractivity contribution in [3.8, 4) is 22.9 Å². The summed E-state index contributed by atoms with van der Waals surface area (Å²) in [6, 6.07) is 32.3. The molecule has 0 spiro atoms. The van der Waals surface area contributed by atoms with Gasteiger partial charge in [-0.2, -0.15) is 4.98 Å². The molecule has 3 aromatic carbocycles. The maximum Gasteiger partial charge on any atom is 0.410 e. The third kappa shape index (κ3) is 6.96. The molecule has 1 amide bonds. The van der Waals surface area contributed by atoms with Gasteiger partial charge in [-0.1, -0.05) is 84.9 Å². The summed E-state index contributed by atoms with van der Waals surface area (Å²) in [4.78, 5) is 18.9. The van der Waals surface area contributed by atoms with Crippen molar-refractivity contribution >= 4 is 6.09 Å². The maximum atomic E-state index is 12.4. The van der Waals surface area contributed by atoms with Crippen LogP contribution in [0.4, 0.5) is 4.79 Å². The molecule has 4 aromatic rings. The first-order valence-electron chi connectivity index (χ1n) is 13.3. The Kier molecular flexibility index (Phi) is 7.82. The summed E-state index contributed by atoms with van der Waals surface area (Å²) in [7, 11) is 0. The maximum absolute atomic E-state index is 12.4.